The summed E-state index contributed by atoms with van der Waals surface area (Å²) in [6.45, 7) is 32.9. The van der Waals surface area contributed by atoms with E-state index in [0.29, 0.717) is 38.2 Å². The van der Waals surface area contributed by atoms with Crippen LogP contribution in [0.25, 0.3) is 0 Å². The van der Waals surface area contributed by atoms with Gasteiger partial charge >= 0.3 is 54.1 Å². The Morgan fingerprint density at radius 1 is 0.552 bits per heavy atom. The number of aliphatic hydroxyl groups is 3. The molecule has 23 heteroatoms. The summed E-state index contributed by atoms with van der Waals surface area (Å²) in [6, 6.07) is 0. The van der Waals surface area contributed by atoms with Gasteiger partial charge in [-0.25, -0.2) is 4.79 Å². The smallest absolute Gasteiger partial charge is 0.430 e. The molecular weight excluding hydrogens is 1150 g/mol. The van der Waals surface area contributed by atoms with E-state index in [1.165, 1.54) is 13.8 Å². The van der Waals surface area contributed by atoms with Gasteiger partial charge in [-0.15, -0.1) is 0 Å². The summed E-state index contributed by atoms with van der Waals surface area (Å²) < 4.78 is 111. The molecule has 3 atom stereocenters. The van der Waals surface area contributed by atoms with Crippen LogP contribution >= 0.6 is 0 Å². The molecule has 7 rings (SSSR count). The van der Waals surface area contributed by atoms with Gasteiger partial charge in [0.15, 0.2) is 5.60 Å². The number of carbonyl (C=O) groups is 7. The zero-order valence-corrected chi connectivity index (χ0v) is 55.0. The molecular formula is C64H104F6O17. The molecule has 4 N–H and O–H groups in total. The highest BCUT2D eigenvalue weighted by Gasteiger charge is 2.81. The predicted molar refractivity (Wildman–Crippen MR) is 308 cm³/mol. The van der Waals surface area contributed by atoms with Crippen molar-refractivity contribution in [3.8, 4) is 0 Å². The van der Waals surface area contributed by atoms with E-state index in [2.05, 4.69) is 0 Å². The number of carboxylic acid groups (broad SMARTS) is 1. The van der Waals surface area contributed by atoms with Gasteiger partial charge in [-0.2, -0.15) is 26.3 Å². The summed E-state index contributed by atoms with van der Waals surface area (Å²) in [5.74, 6) is -3.64. The van der Waals surface area contributed by atoms with Gasteiger partial charge in [0.05, 0.1) is 39.5 Å². The molecule has 0 radical (unpaired) electrons. The molecule has 6 aliphatic carbocycles. The van der Waals surface area contributed by atoms with Crippen molar-refractivity contribution in [1.29, 1.82) is 0 Å². The molecule has 1 heterocycles. The Morgan fingerprint density at radius 3 is 1.32 bits per heavy atom. The fourth-order valence-corrected chi connectivity index (χ4v) is 12.8. The van der Waals surface area contributed by atoms with Gasteiger partial charge in [0, 0.05) is 17.3 Å². The monoisotopic (exact) mass is 1260 g/mol. The maximum Gasteiger partial charge on any atom is 0.430 e. The average Bonchev–Trinajstić information content (AvgIpc) is 0.777. The van der Waals surface area contributed by atoms with Crippen LogP contribution < -0.4 is 0 Å². The van der Waals surface area contributed by atoms with Crippen molar-refractivity contribution in [2.45, 2.75) is 311 Å². The highest BCUT2D eigenvalue weighted by atomic mass is 19.4. The number of cyclic esters (lactones) is 1. The Kier molecular flexibility index (Phi) is 24.2. The van der Waals surface area contributed by atoms with Crippen molar-refractivity contribution in [3.05, 3.63) is 0 Å². The first-order valence-corrected chi connectivity index (χ1v) is 31.0. The van der Waals surface area contributed by atoms with Gasteiger partial charge in [0.2, 0.25) is 6.10 Å². The predicted octanol–water partition coefficient (Wildman–Crippen LogP) is 13.0. The van der Waals surface area contributed by atoms with Crippen molar-refractivity contribution in [1.82, 2.24) is 0 Å². The normalized spacial score (nSPS) is 26.7. The lowest BCUT2D eigenvalue weighted by molar-refractivity contribution is -0.412. The number of hydrogen-bond donors (Lipinski definition) is 4. The van der Waals surface area contributed by atoms with Crippen LogP contribution in [0.3, 0.4) is 0 Å². The third-order valence-electron chi connectivity index (χ3n) is 20.6. The molecule has 6 saturated carbocycles. The molecule has 17 nitrogen and oxygen atoms in total. The molecule has 0 aromatic rings. The largest absolute Gasteiger partial charge is 0.481 e. The lowest BCUT2D eigenvalue weighted by Gasteiger charge is -2.70. The third-order valence-corrected chi connectivity index (χ3v) is 20.6. The molecule has 504 valence electrons. The Hall–Kier alpha value is -4.25. The average molecular weight is 1260 g/mol. The molecule has 1 aliphatic heterocycles. The summed E-state index contributed by atoms with van der Waals surface area (Å²) in [7, 11) is 0. The summed E-state index contributed by atoms with van der Waals surface area (Å²) in [4.78, 5) is 81.9. The SMILES string of the molecule is CCC(C)(C)C(=O)OC1(C(O)(C(F)(F)F)C(F)(F)F)CCCC1.CCC(C)(C)C(=O)OC12CC3CC(C(C)(C)O)(C1)CC(C(C)(C)O)(C3)C2.CCC(C)(C)C(=O)OC1CCC(C(C)(C)OC(=O)CC(=O)O)CC1.CCC(C)(C)C(=O)OC1CCOC1=O. The van der Waals surface area contributed by atoms with Crippen molar-refractivity contribution < 1.29 is 109 Å². The molecule has 4 bridgehead atoms. The molecule has 87 heavy (non-hydrogen) atoms. The minimum Gasteiger partial charge on any atom is -0.481 e. The number of hydrogen-bond acceptors (Lipinski definition) is 16. The minimum atomic E-state index is -6.02. The third kappa shape index (κ3) is 17.6. The number of carboxylic acids is 1. The van der Waals surface area contributed by atoms with E-state index >= 15 is 0 Å². The van der Waals surface area contributed by atoms with Crippen molar-refractivity contribution >= 4 is 41.8 Å². The lowest BCUT2D eigenvalue weighted by atomic mass is 9.37. The first kappa shape index (κ1) is 77.0. The van der Waals surface area contributed by atoms with E-state index in [-0.39, 0.29) is 60.0 Å². The molecule has 0 amide bonds. The Morgan fingerprint density at radius 2 is 0.954 bits per heavy atom. The number of rotatable bonds is 19. The maximum absolute atomic E-state index is 13.2. The van der Waals surface area contributed by atoms with Gasteiger partial charge in [-0.1, -0.05) is 27.7 Å². The van der Waals surface area contributed by atoms with Crippen LogP contribution in [0.5, 0.6) is 0 Å². The van der Waals surface area contributed by atoms with Crippen molar-refractivity contribution in [2.24, 2.45) is 44.3 Å². The second-order valence-corrected chi connectivity index (χ2v) is 29.9. The van der Waals surface area contributed by atoms with Gasteiger partial charge < -0.3 is 48.8 Å². The van der Waals surface area contributed by atoms with E-state index in [9.17, 15) is 75.2 Å². The fourth-order valence-electron chi connectivity index (χ4n) is 12.8. The highest BCUT2D eigenvalue weighted by Crippen LogP contribution is 2.72. The van der Waals surface area contributed by atoms with Crippen LogP contribution in [-0.2, 0) is 62.0 Å². The maximum atomic E-state index is 13.2. The van der Waals surface area contributed by atoms with Crippen LogP contribution in [0.4, 0.5) is 26.3 Å². The van der Waals surface area contributed by atoms with Gasteiger partial charge in [0.1, 0.15) is 23.7 Å². The summed E-state index contributed by atoms with van der Waals surface area (Å²) in [5, 5.41) is 40.5. The van der Waals surface area contributed by atoms with Crippen LogP contribution in [0.2, 0.25) is 0 Å². The van der Waals surface area contributed by atoms with E-state index in [1.807, 2.05) is 90.0 Å². The number of alkyl halides is 6. The Labute approximate surface area is 511 Å². The quantitative estimate of drug-likeness (QED) is 0.0406. The van der Waals surface area contributed by atoms with Crippen LogP contribution in [0.1, 0.15) is 253 Å². The molecule has 0 aromatic carbocycles. The summed E-state index contributed by atoms with van der Waals surface area (Å²) >= 11 is 0. The van der Waals surface area contributed by atoms with Crippen LogP contribution in [0.15, 0.2) is 0 Å². The lowest BCUT2D eigenvalue weighted by Crippen LogP contribution is -2.71. The van der Waals surface area contributed by atoms with E-state index < -0.39 is 117 Å². The number of carbonyl (C=O) groups excluding carboxylic acids is 6. The molecule has 0 aromatic heterocycles. The topological polar surface area (TPSA) is 256 Å². The zero-order valence-electron chi connectivity index (χ0n) is 55.0. The first-order valence-electron chi connectivity index (χ1n) is 31.0. The molecule has 3 unspecified atom stereocenters. The second kappa shape index (κ2) is 27.3. The molecule has 1 saturated heterocycles. The number of ether oxygens (including phenoxy) is 6. The fraction of sp³-hybridized carbons (Fsp3) is 0.891. The Balaban J connectivity index is 0.000000310. The van der Waals surface area contributed by atoms with E-state index in [0.717, 1.165) is 64.2 Å². The van der Waals surface area contributed by atoms with E-state index in [1.54, 1.807) is 20.8 Å². The highest BCUT2D eigenvalue weighted by molar-refractivity contribution is 5.90. The molecule has 0 spiro atoms. The van der Waals surface area contributed by atoms with E-state index in [4.69, 9.17) is 33.5 Å². The standard InChI is InChI=1S/C22H38O4.C18H30O6.C14H20F6O3.C10H16O4/c1-8-17(2,3)16(23)26-22-11-15-9-20(13-22,18(4,5)24)12-21(10-15,14-22)19(6,7)25;1-6-17(2,3)16(22)23-13-9-7-12(8-10-13)18(4,5)24-15(21)11-14(19)20;1-4-10(2,3)9(21)23-11(7-5-6-8-11)12(22,13(15,16)17)14(18,19)20;1-4-10(2,3)9(12)14-7-5-6-13-8(7)11/h15,24-25H,8-14H2,1-7H3;12-13H,6-11H2,1-5H3,(H,19,20);22H,4-8H2,1-3H3;7H,4-6H2,1-3H3. The first-order chi connectivity index (χ1) is 39.2. The second-order valence-electron chi connectivity index (χ2n) is 29.9. The van der Waals surface area contributed by atoms with Gasteiger partial charge in [-0.3, -0.25) is 28.8 Å². The van der Waals surface area contributed by atoms with Crippen LogP contribution in [0, 0.1) is 44.3 Å². The number of esters is 6. The molecule has 7 fully saturated rings. The van der Waals surface area contributed by atoms with Crippen molar-refractivity contribution in [3.63, 3.8) is 0 Å². The van der Waals surface area contributed by atoms with Gasteiger partial charge in [-0.05, 0) is 224 Å². The van der Waals surface area contributed by atoms with Gasteiger partial charge in [0.25, 0.3) is 5.60 Å². The minimum absolute atomic E-state index is 0.00565. The zero-order chi connectivity index (χ0) is 67.4. The Bertz CT molecular complexity index is 2370. The molecule has 7 aliphatic rings. The van der Waals surface area contributed by atoms with Crippen molar-refractivity contribution in [2.75, 3.05) is 6.61 Å². The summed E-state index contributed by atoms with van der Waals surface area (Å²) in [6.07, 6.45) is -4.02. The summed E-state index contributed by atoms with van der Waals surface area (Å²) in [5.41, 5.74) is -14.5. The number of aliphatic carboxylic acids is 1. The van der Waals surface area contributed by atoms with Crippen LogP contribution in [-0.4, -0.2) is 127 Å². The number of halogens is 6.